The van der Waals surface area contributed by atoms with Crippen LogP contribution in [0, 0.1) is 5.92 Å². The summed E-state index contributed by atoms with van der Waals surface area (Å²) in [5.41, 5.74) is 2.80. The van der Waals surface area contributed by atoms with Gasteiger partial charge in [0.25, 0.3) is 0 Å². The van der Waals surface area contributed by atoms with E-state index in [1.54, 1.807) is 0 Å². The molecule has 1 nitrogen and oxygen atoms in total. The third kappa shape index (κ3) is 4.51. The fourth-order valence-electron chi connectivity index (χ4n) is 1.85. The summed E-state index contributed by atoms with van der Waals surface area (Å²) in [5, 5.41) is 3.60. The van der Waals surface area contributed by atoms with Crippen LogP contribution in [0.15, 0.2) is 24.3 Å². The van der Waals surface area contributed by atoms with Crippen molar-refractivity contribution in [1.82, 2.24) is 5.32 Å². The highest BCUT2D eigenvalue weighted by molar-refractivity contribution is 5.24. The Morgan fingerprint density at radius 2 is 1.59 bits per heavy atom. The molecular weight excluding hydrogens is 206 g/mol. The smallest absolute Gasteiger partial charge is 0.0208 e. The summed E-state index contributed by atoms with van der Waals surface area (Å²) in [5.74, 6) is 1.36. The second kappa shape index (κ2) is 6.80. The van der Waals surface area contributed by atoms with Crippen LogP contribution in [-0.2, 0) is 6.54 Å². The fourth-order valence-corrected chi connectivity index (χ4v) is 1.85. The zero-order valence-electron chi connectivity index (χ0n) is 12.0. The SMILES string of the molecule is CCC(C)C(C)NCc1ccc(C(C)C)cc1. The Labute approximate surface area is 107 Å². The molecule has 1 heteroatoms. The minimum absolute atomic E-state index is 0.588. The molecule has 0 fully saturated rings. The Kier molecular flexibility index (Phi) is 5.70. The van der Waals surface area contributed by atoms with Gasteiger partial charge in [0.2, 0.25) is 0 Å². The third-order valence-corrected chi connectivity index (χ3v) is 3.77. The maximum atomic E-state index is 3.60. The normalized spacial score (nSPS) is 14.9. The summed E-state index contributed by atoms with van der Waals surface area (Å²) >= 11 is 0. The van der Waals surface area contributed by atoms with Crippen LogP contribution < -0.4 is 5.32 Å². The van der Waals surface area contributed by atoms with Crippen molar-refractivity contribution < 1.29 is 0 Å². The molecular formula is C16H27N. The largest absolute Gasteiger partial charge is 0.310 e. The van der Waals surface area contributed by atoms with Crippen LogP contribution in [-0.4, -0.2) is 6.04 Å². The molecule has 0 heterocycles. The monoisotopic (exact) mass is 233 g/mol. The molecule has 0 aromatic heterocycles. The molecule has 0 saturated heterocycles. The first-order chi connectivity index (χ1) is 8.04. The second-order valence-corrected chi connectivity index (χ2v) is 5.45. The van der Waals surface area contributed by atoms with E-state index in [1.165, 1.54) is 17.5 Å². The molecule has 1 rings (SSSR count). The molecule has 2 unspecified atom stereocenters. The van der Waals surface area contributed by atoms with Crippen LogP contribution in [0.1, 0.15) is 58.1 Å². The summed E-state index contributed by atoms with van der Waals surface area (Å²) in [4.78, 5) is 0. The van der Waals surface area contributed by atoms with Gasteiger partial charge in [-0.2, -0.15) is 0 Å². The standard InChI is InChI=1S/C16H27N/c1-6-13(4)14(5)17-11-15-7-9-16(10-8-15)12(2)3/h7-10,12-14,17H,6,11H2,1-5H3. The molecule has 0 radical (unpaired) electrons. The van der Waals surface area contributed by atoms with Crippen molar-refractivity contribution in [2.24, 2.45) is 5.92 Å². The van der Waals surface area contributed by atoms with E-state index in [0.717, 1.165) is 12.5 Å². The van der Waals surface area contributed by atoms with Crippen molar-refractivity contribution in [3.63, 3.8) is 0 Å². The van der Waals surface area contributed by atoms with Crippen LogP contribution in [0.2, 0.25) is 0 Å². The van der Waals surface area contributed by atoms with E-state index in [4.69, 9.17) is 0 Å². The Balaban J connectivity index is 2.47. The zero-order chi connectivity index (χ0) is 12.8. The predicted molar refractivity (Wildman–Crippen MR) is 76.3 cm³/mol. The Morgan fingerprint density at radius 1 is 1.00 bits per heavy atom. The van der Waals surface area contributed by atoms with Gasteiger partial charge in [-0.25, -0.2) is 0 Å². The van der Waals surface area contributed by atoms with Crippen LogP contribution in [0.3, 0.4) is 0 Å². The van der Waals surface area contributed by atoms with Crippen molar-refractivity contribution in [1.29, 1.82) is 0 Å². The van der Waals surface area contributed by atoms with E-state index in [1.807, 2.05) is 0 Å². The van der Waals surface area contributed by atoms with E-state index in [0.29, 0.717) is 12.0 Å². The summed E-state index contributed by atoms with van der Waals surface area (Å²) in [6, 6.07) is 9.56. The van der Waals surface area contributed by atoms with E-state index < -0.39 is 0 Å². The number of rotatable bonds is 6. The van der Waals surface area contributed by atoms with Gasteiger partial charge in [0.15, 0.2) is 0 Å². The average molecular weight is 233 g/mol. The number of nitrogens with one attached hydrogen (secondary N) is 1. The minimum atomic E-state index is 0.588. The summed E-state index contributed by atoms with van der Waals surface area (Å²) in [7, 11) is 0. The first-order valence-corrected chi connectivity index (χ1v) is 6.86. The van der Waals surface area contributed by atoms with E-state index in [9.17, 15) is 0 Å². The van der Waals surface area contributed by atoms with Crippen LogP contribution in [0.5, 0.6) is 0 Å². The molecule has 0 aliphatic rings. The highest BCUT2D eigenvalue weighted by atomic mass is 14.9. The van der Waals surface area contributed by atoms with Gasteiger partial charge in [-0.05, 0) is 29.9 Å². The number of hydrogen-bond acceptors (Lipinski definition) is 1. The molecule has 0 amide bonds. The predicted octanol–water partition coefficient (Wildman–Crippen LogP) is 4.33. The second-order valence-electron chi connectivity index (χ2n) is 5.45. The molecule has 2 atom stereocenters. The van der Waals surface area contributed by atoms with Crippen LogP contribution in [0.25, 0.3) is 0 Å². The first-order valence-electron chi connectivity index (χ1n) is 6.86. The number of hydrogen-bond donors (Lipinski definition) is 1. The van der Waals surface area contributed by atoms with Crippen molar-refractivity contribution >= 4 is 0 Å². The lowest BCUT2D eigenvalue weighted by Gasteiger charge is -2.20. The molecule has 0 bridgehead atoms. The lowest BCUT2D eigenvalue weighted by atomic mass is 10.00. The molecule has 0 aliphatic carbocycles. The van der Waals surface area contributed by atoms with Crippen molar-refractivity contribution in [3.05, 3.63) is 35.4 Å². The maximum absolute atomic E-state index is 3.60. The Morgan fingerprint density at radius 3 is 2.06 bits per heavy atom. The van der Waals surface area contributed by atoms with E-state index in [2.05, 4.69) is 64.2 Å². The highest BCUT2D eigenvalue weighted by Gasteiger charge is 2.08. The van der Waals surface area contributed by atoms with Gasteiger partial charge in [-0.1, -0.05) is 58.4 Å². The van der Waals surface area contributed by atoms with Gasteiger partial charge < -0.3 is 5.32 Å². The quantitative estimate of drug-likeness (QED) is 0.771. The highest BCUT2D eigenvalue weighted by Crippen LogP contribution is 2.15. The first kappa shape index (κ1) is 14.2. The van der Waals surface area contributed by atoms with Gasteiger partial charge in [0.1, 0.15) is 0 Å². The van der Waals surface area contributed by atoms with Gasteiger partial charge in [0.05, 0.1) is 0 Å². The zero-order valence-corrected chi connectivity index (χ0v) is 12.0. The maximum Gasteiger partial charge on any atom is 0.0208 e. The van der Waals surface area contributed by atoms with E-state index in [-0.39, 0.29) is 0 Å². The lowest BCUT2D eigenvalue weighted by Crippen LogP contribution is -2.31. The Hall–Kier alpha value is -0.820. The van der Waals surface area contributed by atoms with Crippen molar-refractivity contribution in [2.45, 2.75) is 59.5 Å². The Bertz CT molecular complexity index is 313. The van der Waals surface area contributed by atoms with Gasteiger partial charge in [-0.3, -0.25) is 0 Å². The lowest BCUT2D eigenvalue weighted by molar-refractivity contribution is 0.389. The van der Waals surface area contributed by atoms with Gasteiger partial charge in [-0.15, -0.1) is 0 Å². The van der Waals surface area contributed by atoms with Gasteiger partial charge in [0, 0.05) is 12.6 Å². The average Bonchev–Trinajstić information content (AvgIpc) is 2.35. The molecule has 0 aliphatic heterocycles. The summed E-state index contributed by atoms with van der Waals surface area (Å²) < 4.78 is 0. The molecule has 1 aromatic carbocycles. The summed E-state index contributed by atoms with van der Waals surface area (Å²) in [6.07, 6.45) is 1.24. The van der Waals surface area contributed by atoms with Crippen molar-refractivity contribution in [3.8, 4) is 0 Å². The summed E-state index contributed by atoms with van der Waals surface area (Å²) in [6.45, 7) is 12.3. The topological polar surface area (TPSA) is 12.0 Å². The minimum Gasteiger partial charge on any atom is -0.310 e. The molecule has 0 saturated carbocycles. The van der Waals surface area contributed by atoms with E-state index >= 15 is 0 Å². The third-order valence-electron chi connectivity index (χ3n) is 3.77. The molecule has 17 heavy (non-hydrogen) atoms. The van der Waals surface area contributed by atoms with Gasteiger partial charge >= 0.3 is 0 Å². The molecule has 0 spiro atoms. The van der Waals surface area contributed by atoms with Crippen LogP contribution >= 0.6 is 0 Å². The molecule has 1 N–H and O–H groups in total. The van der Waals surface area contributed by atoms with Crippen molar-refractivity contribution in [2.75, 3.05) is 0 Å². The van der Waals surface area contributed by atoms with Crippen LogP contribution in [0.4, 0.5) is 0 Å². The fraction of sp³-hybridized carbons (Fsp3) is 0.625. The molecule has 1 aromatic rings. The number of benzene rings is 1. The molecule has 96 valence electrons.